The Morgan fingerprint density at radius 1 is 1.19 bits per heavy atom. The van der Waals surface area contributed by atoms with Gasteiger partial charge in [-0.05, 0) is 37.0 Å². The van der Waals surface area contributed by atoms with Crippen molar-refractivity contribution in [3.8, 4) is 11.5 Å². The van der Waals surface area contributed by atoms with E-state index in [4.69, 9.17) is 14.0 Å². The van der Waals surface area contributed by atoms with Gasteiger partial charge in [-0.25, -0.2) is 0 Å². The highest BCUT2D eigenvalue weighted by Crippen LogP contribution is 2.34. The molecule has 4 rings (SSSR count). The fourth-order valence-corrected chi connectivity index (χ4v) is 3.48. The zero-order chi connectivity index (χ0) is 19.0. The first-order valence-electron chi connectivity index (χ1n) is 9.22. The van der Waals surface area contributed by atoms with E-state index in [0.29, 0.717) is 30.2 Å². The van der Waals surface area contributed by atoms with Crippen molar-refractivity contribution in [3.63, 3.8) is 0 Å². The zero-order valence-corrected chi connectivity index (χ0v) is 15.4. The number of amides is 1. The SMILES string of the molecule is CC(C)c1cc(C(=O)N2CCC[C@@H](C(=O)c3ccc4c(c3)OCO4)C2)on1. The molecule has 27 heavy (non-hydrogen) atoms. The maximum absolute atomic E-state index is 12.9. The van der Waals surface area contributed by atoms with Crippen LogP contribution in [0.5, 0.6) is 11.5 Å². The second kappa shape index (κ2) is 7.06. The van der Waals surface area contributed by atoms with E-state index < -0.39 is 0 Å². The van der Waals surface area contributed by atoms with Gasteiger partial charge in [-0.1, -0.05) is 19.0 Å². The van der Waals surface area contributed by atoms with Crippen LogP contribution < -0.4 is 9.47 Å². The Kier molecular flexibility index (Phi) is 4.59. The van der Waals surface area contributed by atoms with E-state index in [2.05, 4.69) is 5.16 Å². The number of fused-ring (bicyclic) bond motifs is 1. The molecule has 2 aromatic rings. The van der Waals surface area contributed by atoms with Crippen molar-refractivity contribution in [2.75, 3.05) is 19.9 Å². The van der Waals surface area contributed by atoms with Crippen LogP contribution in [0.3, 0.4) is 0 Å². The quantitative estimate of drug-likeness (QED) is 0.769. The molecule has 7 nitrogen and oxygen atoms in total. The standard InChI is InChI=1S/C20H22N2O5/c1-12(2)15-9-18(27-21-15)20(24)22-7-3-4-14(10-22)19(23)13-5-6-16-17(8-13)26-11-25-16/h5-6,8-9,12,14H,3-4,7,10-11H2,1-2H3/t14-/m1/s1. The maximum atomic E-state index is 12.9. The highest BCUT2D eigenvalue weighted by molar-refractivity contribution is 5.99. The first-order chi connectivity index (χ1) is 13.0. The van der Waals surface area contributed by atoms with E-state index in [0.717, 1.165) is 18.5 Å². The molecule has 1 aromatic heterocycles. The second-order valence-electron chi connectivity index (χ2n) is 7.29. The fourth-order valence-electron chi connectivity index (χ4n) is 3.48. The predicted octanol–water partition coefficient (Wildman–Crippen LogP) is 3.26. The van der Waals surface area contributed by atoms with Crippen molar-refractivity contribution < 1.29 is 23.6 Å². The van der Waals surface area contributed by atoms with Crippen molar-refractivity contribution >= 4 is 11.7 Å². The third-order valence-corrected chi connectivity index (χ3v) is 5.07. The summed E-state index contributed by atoms with van der Waals surface area (Å²) in [5, 5.41) is 3.95. The summed E-state index contributed by atoms with van der Waals surface area (Å²) in [5.74, 6) is 1.23. The van der Waals surface area contributed by atoms with Crippen LogP contribution in [0.1, 0.15) is 59.2 Å². The van der Waals surface area contributed by atoms with E-state index >= 15 is 0 Å². The molecule has 1 fully saturated rings. The molecule has 1 atom stereocenters. The number of hydrogen-bond acceptors (Lipinski definition) is 6. The van der Waals surface area contributed by atoms with Gasteiger partial charge in [-0.2, -0.15) is 0 Å². The van der Waals surface area contributed by atoms with Gasteiger partial charge in [0.2, 0.25) is 12.6 Å². The average molecular weight is 370 g/mol. The Balaban J connectivity index is 1.47. The number of ether oxygens (including phenoxy) is 2. The van der Waals surface area contributed by atoms with Gasteiger partial charge in [0, 0.05) is 30.6 Å². The summed E-state index contributed by atoms with van der Waals surface area (Å²) in [6.07, 6.45) is 1.53. The molecular weight excluding hydrogens is 348 g/mol. The maximum Gasteiger partial charge on any atom is 0.292 e. The van der Waals surface area contributed by atoms with Crippen LogP contribution in [0, 0.1) is 5.92 Å². The van der Waals surface area contributed by atoms with E-state index in [-0.39, 0.29) is 36.1 Å². The summed E-state index contributed by atoms with van der Waals surface area (Å²) in [4.78, 5) is 27.3. The molecule has 0 unspecified atom stereocenters. The lowest BCUT2D eigenvalue weighted by molar-refractivity contribution is 0.0602. The summed E-state index contributed by atoms with van der Waals surface area (Å²) >= 11 is 0. The molecule has 0 N–H and O–H groups in total. The highest BCUT2D eigenvalue weighted by atomic mass is 16.7. The molecule has 0 radical (unpaired) electrons. The number of rotatable bonds is 4. The Bertz CT molecular complexity index is 873. The van der Waals surface area contributed by atoms with Crippen LogP contribution in [0.2, 0.25) is 0 Å². The van der Waals surface area contributed by atoms with Crippen molar-refractivity contribution in [1.82, 2.24) is 10.1 Å². The highest BCUT2D eigenvalue weighted by Gasteiger charge is 2.31. The van der Waals surface area contributed by atoms with Crippen molar-refractivity contribution in [3.05, 3.63) is 41.3 Å². The van der Waals surface area contributed by atoms with Crippen LogP contribution in [0.15, 0.2) is 28.8 Å². The number of carbonyl (C=O) groups excluding carboxylic acids is 2. The average Bonchev–Trinajstić information content (AvgIpc) is 3.35. The molecule has 2 aliphatic rings. The molecule has 0 saturated carbocycles. The smallest absolute Gasteiger partial charge is 0.292 e. The lowest BCUT2D eigenvalue weighted by Crippen LogP contribution is -2.42. The second-order valence-corrected chi connectivity index (χ2v) is 7.29. The molecule has 7 heteroatoms. The molecule has 0 spiro atoms. The molecule has 3 heterocycles. The number of likely N-dealkylation sites (tertiary alicyclic amines) is 1. The first-order valence-corrected chi connectivity index (χ1v) is 9.22. The van der Waals surface area contributed by atoms with Crippen molar-refractivity contribution in [2.45, 2.75) is 32.6 Å². The molecule has 1 saturated heterocycles. The molecular formula is C20H22N2O5. The van der Waals surface area contributed by atoms with Crippen LogP contribution in [0.4, 0.5) is 0 Å². The van der Waals surface area contributed by atoms with Crippen LogP contribution >= 0.6 is 0 Å². The van der Waals surface area contributed by atoms with Gasteiger partial charge in [0.15, 0.2) is 17.3 Å². The third kappa shape index (κ3) is 3.41. The third-order valence-electron chi connectivity index (χ3n) is 5.07. The van der Waals surface area contributed by atoms with Crippen LogP contribution in [0.25, 0.3) is 0 Å². The summed E-state index contributed by atoms with van der Waals surface area (Å²) in [6.45, 7) is 5.15. The number of ketones is 1. The Hall–Kier alpha value is -2.83. The number of nitrogens with zero attached hydrogens (tertiary/aromatic N) is 2. The molecule has 0 aliphatic carbocycles. The number of hydrogen-bond donors (Lipinski definition) is 0. The topological polar surface area (TPSA) is 81.9 Å². The minimum Gasteiger partial charge on any atom is -0.454 e. The number of benzene rings is 1. The lowest BCUT2D eigenvalue weighted by Gasteiger charge is -2.31. The number of aromatic nitrogens is 1. The van der Waals surface area contributed by atoms with Crippen molar-refractivity contribution in [2.24, 2.45) is 5.92 Å². The summed E-state index contributed by atoms with van der Waals surface area (Å²) in [5.41, 5.74) is 1.34. The Morgan fingerprint density at radius 3 is 2.78 bits per heavy atom. The van der Waals surface area contributed by atoms with Gasteiger partial charge >= 0.3 is 0 Å². The Labute approximate surface area is 157 Å². The minimum atomic E-state index is -0.240. The van der Waals surface area contributed by atoms with Gasteiger partial charge in [-0.3, -0.25) is 9.59 Å². The molecule has 1 amide bonds. The van der Waals surface area contributed by atoms with Crippen LogP contribution in [-0.2, 0) is 0 Å². The molecule has 142 valence electrons. The molecule has 2 aliphatic heterocycles. The number of piperidine rings is 1. The number of carbonyl (C=O) groups is 2. The normalized spacial score (nSPS) is 18.8. The van der Waals surface area contributed by atoms with Crippen molar-refractivity contribution in [1.29, 1.82) is 0 Å². The minimum absolute atomic E-state index is 0.0197. The Morgan fingerprint density at radius 2 is 2.00 bits per heavy atom. The van der Waals surface area contributed by atoms with Gasteiger partial charge in [-0.15, -0.1) is 0 Å². The van der Waals surface area contributed by atoms with E-state index in [1.54, 1.807) is 29.2 Å². The lowest BCUT2D eigenvalue weighted by atomic mass is 9.89. The summed E-state index contributed by atoms with van der Waals surface area (Å²) in [7, 11) is 0. The monoisotopic (exact) mass is 370 g/mol. The van der Waals surface area contributed by atoms with E-state index in [1.807, 2.05) is 13.8 Å². The van der Waals surface area contributed by atoms with Gasteiger partial charge in [0.05, 0.1) is 5.69 Å². The fraction of sp³-hybridized carbons (Fsp3) is 0.450. The first kappa shape index (κ1) is 17.6. The van der Waals surface area contributed by atoms with Gasteiger partial charge in [0.25, 0.3) is 5.91 Å². The van der Waals surface area contributed by atoms with Gasteiger partial charge < -0.3 is 18.9 Å². The number of Topliss-reactive ketones (excluding diaryl/α,β-unsaturated/α-hetero) is 1. The summed E-state index contributed by atoms with van der Waals surface area (Å²) < 4.78 is 15.9. The molecule has 1 aromatic carbocycles. The summed E-state index contributed by atoms with van der Waals surface area (Å²) in [6, 6.07) is 6.91. The van der Waals surface area contributed by atoms with E-state index in [9.17, 15) is 9.59 Å². The molecule has 0 bridgehead atoms. The van der Waals surface area contributed by atoms with E-state index in [1.165, 1.54) is 0 Å². The van der Waals surface area contributed by atoms with Crippen LogP contribution in [-0.4, -0.2) is 41.6 Å². The van der Waals surface area contributed by atoms with Gasteiger partial charge in [0.1, 0.15) is 0 Å². The predicted molar refractivity (Wildman–Crippen MR) is 96.1 cm³/mol. The largest absolute Gasteiger partial charge is 0.454 e. The zero-order valence-electron chi connectivity index (χ0n) is 15.4.